The molecule has 1 nitrogen and oxygen atoms in total. The lowest BCUT2D eigenvalue weighted by atomic mass is 9.82. The van der Waals surface area contributed by atoms with Crippen molar-refractivity contribution in [3.05, 3.63) is 53.1 Å². The van der Waals surface area contributed by atoms with E-state index in [0.29, 0.717) is 0 Å². The van der Waals surface area contributed by atoms with Gasteiger partial charge in [0.15, 0.2) is 0 Å². The molecule has 0 heterocycles. The second-order valence-electron chi connectivity index (χ2n) is 5.75. The number of fused-ring (bicyclic) bond motifs is 1. The van der Waals surface area contributed by atoms with E-state index >= 15 is 0 Å². The van der Waals surface area contributed by atoms with Crippen LogP contribution in [0, 0.1) is 0 Å². The van der Waals surface area contributed by atoms with Crippen molar-refractivity contribution < 1.29 is 0 Å². The Balaban J connectivity index is 2.54. The molecule has 1 heteroatoms. The highest BCUT2D eigenvalue weighted by Gasteiger charge is 2.36. The Morgan fingerprint density at radius 2 is 1.83 bits per heavy atom. The van der Waals surface area contributed by atoms with Gasteiger partial charge in [0.2, 0.25) is 0 Å². The van der Waals surface area contributed by atoms with E-state index in [2.05, 4.69) is 76.2 Å². The van der Waals surface area contributed by atoms with Gasteiger partial charge in [-0.3, -0.25) is 0 Å². The minimum atomic E-state index is 0.119. The van der Waals surface area contributed by atoms with Crippen LogP contribution in [0.3, 0.4) is 0 Å². The Bertz CT molecular complexity index is 504. The zero-order valence-corrected chi connectivity index (χ0v) is 12.1. The molecular weight excluding hydrogens is 218 g/mol. The summed E-state index contributed by atoms with van der Waals surface area (Å²) in [5, 5.41) is 0. The van der Waals surface area contributed by atoms with Gasteiger partial charge in [-0.1, -0.05) is 50.3 Å². The van der Waals surface area contributed by atoms with Gasteiger partial charge < -0.3 is 4.90 Å². The maximum Gasteiger partial charge on any atom is 0.0163 e. The highest BCUT2D eigenvalue weighted by atomic mass is 15.0. The first-order valence-corrected chi connectivity index (χ1v) is 6.60. The van der Waals surface area contributed by atoms with Gasteiger partial charge in [-0.25, -0.2) is 0 Å². The Morgan fingerprint density at radius 3 is 2.44 bits per heavy atom. The summed E-state index contributed by atoms with van der Waals surface area (Å²) in [6, 6.07) is 8.77. The summed E-state index contributed by atoms with van der Waals surface area (Å²) in [6.45, 7) is 7.77. The summed E-state index contributed by atoms with van der Waals surface area (Å²) >= 11 is 0. The minimum Gasteiger partial charge on any atom is -0.306 e. The van der Waals surface area contributed by atoms with Crippen LogP contribution in [0.2, 0.25) is 0 Å². The fourth-order valence-electron chi connectivity index (χ4n) is 2.84. The average Bonchev–Trinajstić information content (AvgIpc) is 2.55. The third kappa shape index (κ3) is 2.04. The first kappa shape index (κ1) is 13.1. The summed E-state index contributed by atoms with van der Waals surface area (Å²) in [5.74, 6) is 0. The molecule has 0 amide bonds. The minimum absolute atomic E-state index is 0.119. The van der Waals surface area contributed by atoms with Crippen LogP contribution in [0.15, 0.2) is 42.0 Å². The summed E-state index contributed by atoms with van der Waals surface area (Å²) in [6.07, 6.45) is 4.62. The summed E-state index contributed by atoms with van der Waals surface area (Å²) in [7, 11) is 4.23. The van der Waals surface area contributed by atoms with Crippen LogP contribution in [0.25, 0.3) is 5.57 Å². The van der Waals surface area contributed by atoms with Gasteiger partial charge in [0.1, 0.15) is 0 Å². The van der Waals surface area contributed by atoms with Crippen LogP contribution in [-0.4, -0.2) is 25.5 Å². The average molecular weight is 241 g/mol. The smallest absolute Gasteiger partial charge is 0.0163 e. The van der Waals surface area contributed by atoms with E-state index in [9.17, 15) is 0 Å². The molecule has 96 valence electrons. The van der Waals surface area contributed by atoms with Crippen LogP contribution < -0.4 is 0 Å². The molecule has 0 aliphatic heterocycles. The summed E-state index contributed by atoms with van der Waals surface area (Å²) in [4.78, 5) is 2.21. The molecular formula is C17H23N. The zero-order chi connectivity index (χ0) is 13.3. The molecule has 0 saturated carbocycles. The Hall–Kier alpha value is -1.34. The van der Waals surface area contributed by atoms with Crippen LogP contribution in [0.1, 0.15) is 31.9 Å². The first-order chi connectivity index (χ1) is 8.48. The second-order valence-corrected chi connectivity index (χ2v) is 5.75. The van der Waals surface area contributed by atoms with Gasteiger partial charge in [-0.05, 0) is 43.3 Å². The molecule has 0 fully saturated rings. The fourth-order valence-corrected chi connectivity index (χ4v) is 2.84. The SMILES string of the molecule is C/C=C1\C(=C/CN(C)C)C(C)(C)c2ccccc21. The highest BCUT2D eigenvalue weighted by molar-refractivity contribution is 5.89. The monoisotopic (exact) mass is 241 g/mol. The summed E-state index contributed by atoms with van der Waals surface area (Å²) in [5.41, 5.74) is 5.82. The predicted octanol–water partition coefficient (Wildman–Crippen LogP) is 3.87. The molecule has 0 radical (unpaired) electrons. The van der Waals surface area contributed by atoms with Gasteiger partial charge in [0.05, 0.1) is 0 Å². The number of hydrogen-bond acceptors (Lipinski definition) is 1. The maximum atomic E-state index is 2.37. The van der Waals surface area contributed by atoms with Crippen molar-refractivity contribution in [1.82, 2.24) is 4.90 Å². The van der Waals surface area contributed by atoms with Crippen molar-refractivity contribution in [2.24, 2.45) is 0 Å². The normalized spacial score (nSPS) is 21.9. The zero-order valence-electron chi connectivity index (χ0n) is 12.1. The molecule has 1 aliphatic carbocycles. The number of benzene rings is 1. The Labute approximate surface area is 111 Å². The second kappa shape index (κ2) is 4.74. The summed E-state index contributed by atoms with van der Waals surface area (Å²) < 4.78 is 0. The maximum absolute atomic E-state index is 2.37. The van der Waals surface area contributed by atoms with Crippen molar-refractivity contribution >= 4 is 5.57 Å². The number of rotatable bonds is 2. The van der Waals surface area contributed by atoms with Crippen molar-refractivity contribution in [1.29, 1.82) is 0 Å². The molecule has 0 saturated heterocycles. The lowest BCUT2D eigenvalue weighted by Gasteiger charge is -2.22. The topological polar surface area (TPSA) is 3.24 Å². The quantitative estimate of drug-likeness (QED) is 0.759. The molecule has 1 aliphatic rings. The third-order valence-corrected chi connectivity index (χ3v) is 3.80. The van der Waals surface area contributed by atoms with Crippen LogP contribution in [0.4, 0.5) is 0 Å². The fraction of sp³-hybridized carbons (Fsp3) is 0.412. The number of likely N-dealkylation sites (N-methyl/N-ethyl adjacent to an activating group) is 1. The number of nitrogens with zero attached hydrogens (tertiary/aromatic N) is 1. The van der Waals surface area contributed by atoms with Crippen LogP contribution in [-0.2, 0) is 5.41 Å². The van der Waals surface area contributed by atoms with E-state index in [-0.39, 0.29) is 5.41 Å². The third-order valence-electron chi connectivity index (χ3n) is 3.80. The van der Waals surface area contributed by atoms with Gasteiger partial charge >= 0.3 is 0 Å². The first-order valence-electron chi connectivity index (χ1n) is 6.60. The van der Waals surface area contributed by atoms with E-state index in [1.807, 2.05) is 0 Å². The standard InChI is InChI=1S/C17H23N/c1-6-13-14-9-7-8-10-15(14)17(2,3)16(13)11-12-18(4)5/h6-11H,12H2,1-5H3/b13-6-,16-11+. The number of allylic oxidation sites excluding steroid dienone is 3. The molecule has 1 aromatic rings. The molecule has 0 aromatic heterocycles. The molecule has 0 N–H and O–H groups in total. The van der Waals surface area contributed by atoms with Crippen LogP contribution in [0.5, 0.6) is 0 Å². The lowest BCUT2D eigenvalue weighted by molar-refractivity contribution is 0.453. The van der Waals surface area contributed by atoms with Crippen molar-refractivity contribution in [3.8, 4) is 0 Å². The van der Waals surface area contributed by atoms with Gasteiger partial charge in [-0.2, -0.15) is 0 Å². The number of hydrogen-bond donors (Lipinski definition) is 0. The van der Waals surface area contributed by atoms with Gasteiger partial charge in [0, 0.05) is 12.0 Å². The van der Waals surface area contributed by atoms with E-state index in [1.165, 1.54) is 22.3 Å². The predicted molar refractivity (Wildman–Crippen MR) is 79.8 cm³/mol. The molecule has 2 rings (SSSR count). The van der Waals surface area contributed by atoms with E-state index in [1.54, 1.807) is 0 Å². The Kier molecular flexibility index (Phi) is 3.45. The van der Waals surface area contributed by atoms with Gasteiger partial charge in [0.25, 0.3) is 0 Å². The van der Waals surface area contributed by atoms with E-state index in [4.69, 9.17) is 0 Å². The molecule has 1 aromatic carbocycles. The molecule has 0 atom stereocenters. The lowest BCUT2D eigenvalue weighted by Crippen LogP contribution is -2.18. The molecule has 18 heavy (non-hydrogen) atoms. The van der Waals surface area contributed by atoms with Crippen molar-refractivity contribution in [2.75, 3.05) is 20.6 Å². The highest BCUT2D eigenvalue weighted by Crippen LogP contribution is 2.49. The Morgan fingerprint density at radius 1 is 1.17 bits per heavy atom. The molecule has 0 spiro atoms. The van der Waals surface area contributed by atoms with Crippen molar-refractivity contribution in [3.63, 3.8) is 0 Å². The largest absolute Gasteiger partial charge is 0.306 e. The molecule has 0 unspecified atom stereocenters. The van der Waals surface area contributed by atoms with E-state index < -0.39 is 0 Å². The van der Waals surface area contributed by atoms with Crippen LogP contribution >= 0.6 is 0 Å². The van der Waals surface area contributed by atoms with Crippen molar-refractivity contribution in [2.45, 2.75) is 26.2 Å². The van der Waals surface area contributed by atoms with Gasteiger partial charge in [-0.15, -0.1) is 0 Å². The molecule has 0 bridgehead atoms. The van der Waals surface area contributed by atoms with E-state index in [0.717, 1.165) is 6.54 Å².